The maximum absolute atomic E-state index is 9.52. The molecular formula is C10H16N2O. The average Bonchev–Trinajstić information content (AvgIpc) is 2.59. The van der Waals surface area contributed by atoms with Gasteiger partial charge in [-0.3, -0.25) is 4.68 Å². The molecule has 72 valence electrons. The molecule has 2 atom stereocenters. The molecule has 2 rings (SSSR count). The van der Waals surface area contributed by atoms with Crippen molar-refractivity contribution in [1.82, 2.24) is 9.78 Å². The van der Waals surface area contributed by atoms with E-state index in [1.165, 1.54) is 5.69 Å². The molecule has 1 N–H and O–H groups in total. The van der Waals surface area contributed by atoms with Crippen molar-refractivity contribution in [2.75, 3.05) is 0 Å². The van der Waals surface area contributed by atoms with Crippen molar-refractivity contribution in [2.45, 2.75) is 37.7 Å². The van der Waals surface area contributed by atoms with E-state index in [4.69, 9.17) is 0 Å². The second kappa shape index (κ2) is 2.84. The van der Waals surface area contributed by atoms with Crippen molar-refractivity contribution in [3.05, 3.63) is 18.0 Å². The molecule has 13 heavy (non-hydrogen) atoms. The molecule has 1 aromatic rings. The third-order valence-electron chi connectivity index (χ3n) is 3.15. The van der Waals surface area contributed by atoms with Gasteiger partial charge >= 0.3 is 0 Å². The Morgan fingerprint density at radius 2 is 2.46 bits per heavy atom. The summed E-state index contributed by atoms with van der Waals surface area (Å²) in [5.74, 6) is 0. The van der Waals surface area contributed by atoms with Crippen molar-refractivity contribution >= 4 is 0 Å². The van der Waals surface area contributed by atoms with Gasteiger partial charge in [-0.1, -0.05) is 6.92 Å². The number of aliphatic hydroxyl groups excluding tert-OH is 1. The zero-order valence-corrected chi connectivity index (χ0v) is 8.20. The number of hydrogen-bond donors (Lipinski definition) is 1. The summed E-state index contributed by atoms with van der Waals surface area (Å²) in [7, 11) is 1.96. The summed E-state index contributed by atoms with van der Waals surface area (Å²) in [4.78, 5) is 0. The van der Waals surface area contributed by atoms with Crippen molar-refractivity contribution in [1.29, 1.82) is 0 Å². The van der Waals surface area contributed by atoms with Gasteiger partial charge in [0.05, 0.1) is 6.10 Å². The van der Waals surface area contributed by atoms with Crippen LogP contribution in [0.2, 0.25) is 0 Å². The SMILES string of the molecule is Cn1nccc1C1(C)CCC(O)C1. The second-order valence-corrected chi connectivity index (χ2v) is 4.30. The molecule has 0 bridgehead atoms. The second-order valence-electron chi connectivity index (χ2n) is 4.30. The fourth-order valence-electron chi connectivity index (χ4n) is 2.41. The highest BCUT2D eigenvalue weighted by Gasteiger charge is 2.37. The molecule has 0 spiro atoms. The highest BCUT2D eigenvalue weighted by molar-refractivity contribution is 5.17. The maximum Gasteiger partial charge on any atom is 0.0549 e. The first-order chi connectivity index (χ1) is 6.12. The fraction of sp³-hybridized carbons (Fsp3) is 0.700. The van der Waals surface area contributed by atoms with E-state index in [1.807, 2.05) is 17.9 Å². The lowest BCUT2D eigenvalue weighted by Crippen LogP contribution is -2.22. The van der Waals surface area contributed by atoms with Crippen molar-refractivity contribution in [2.24, 2.45) is 7.05 Å². The molecule has 1 aliphatic carbocycles. The summed E-state index contributed by atoms with van der Waals surface area (Å²) >= 11 is 0. The van der Waals surface area contributed by atoms with Crippen LogP contribution in [-0.4, -0.2) is 21.0 Å². The first kappa shape index (κ1) is 8.75. The summed E-state index contributed by atoms with van der Waals surface area (Å²) in [6.45, 7) is 2.21. The molecule has 3 nitrogen and oxygen atoms in total. The minimum atomic E-state index is -0.125. The van der Waals surface area contributed by atoms with Crippen LogP contribution in [0.15, 0.2) is 12.3 Å². The summed E-state index contributed by atoms with van der Waals surface area (Å²) in [5.41, 5.74) is 1.37. The largest absolute Gasteiger partial charge is 0.393 e. The van der Waals surface area contributed by atoms with Gasteiger partial charge in [0.25, 0.3) is 0 Å². The van der Waals surface area contributed by atoms with Gasteiger partial charge in [0, 0.05) is 24.4 Å². The highest BCUT2D eigenvalue weighted by atomic mass is 16.3. The van der Waals surface area contributed by atoms with E-state index in [-0.39, 0.29) is 11.5 Å². The molecule has 1 saturated carbocycles. The Kier molecular flexibility index (Phi) is 1.91. The van der Waals surface area contributed by atoms with Gasteiger partial charge < -0.3 is 5.11 Å². The van der Waals surface area contributed by atoms with Crippen LogP contribution in [0.3, 0.4) is 0 Å². The van der Waals surface area contributed by atoms with E-state index in [1.54, 1.807) is 0 Å². The van der Waals surface area contributed by atoms with Crippen LogP contribution in [0.1, 0.15) is 31.9 Å². The molecule has 0 radical (unpaired) electrons. The van der Waals surface area contributed by atoms with E-state index >= 15 is 0 Å². The van der Waals surface area contributed by atoms with E-state index in [0.717, 1.165) is 19.3 Å². The van der Waals surface area contributed by atoms with Gasteiger partial charge in [-0.25, -0.2) is 0 Å². The van der Waals surface area contributed by atoms with Crippen molar-refractivity contribution in [3.8, 4) is 0 Å². The predicted octanol–water partition coefficient (Wildman–Crippen LogP) is 1.22. The van der Waals surface area contributed by atoms with E-state index in [0.29, 0.717) is 0 Å². The minimum absolute atomic E-state index is 0.125. The number of hydrogen-bond acceptors (Lipinski definition) is 2. The van der Waals surface area contributed by atoms with E-state index in [2.05, 4.69) is 18.1 Å². The molecule has 0 aromatic carbocycles. The summed E-state index contributed by atoms with van der Waals surface area (Å²) in [6.07, 6.45) is 4.55. The monoisotopic (exact) mass is 180 g/mol. The molecule has 0 aliphatic heterocycles. The van der Waals surface area contributed by atoms with Gasteiger partial charge in [-0.05, 0) is 25.3 Å². The van der Waals surface area contributed by atoms with Crippen LogP contribution >= 0.6 is 0 Å². The van der Waals surface area contributed by atoms with Gasteiger partial charge in [-0.15, -0.1) is 0 Å². The molecule has 2 unspecified atom stereocenters. The maximum atomic E-state index is 9.52. The first-order valence-electron chi connectivity index (χ1n) is 4.78. The highest BCUT2D eigenvalue weighted by Crippen LogP contribution is 2.40. The standard InChI is InChI=1S/C10H16N2O/c1-10(5-3-8(13)7-10)9-4-6-11-12(9)2/h4,6,8,13H,3,5,7H2,1-2H3. The summed E-state index contributed by atoms with van der Waals surface area (Å²) < 4.78 is 1.91. The predicted molar refractivity (Wildman–Crippen MR) is 50.4 cm³/mol. The van der Waals surface area contributed by atoms with Crippen LogP contribution < -0.4 is 0 Å². The Hall–Kier alpha value is -0.830. The number of rotatable bonds is 1. The van der Waals surface area contributed by atoms with Gasteiger partial charge in [-0.2, -0.15) is 5.10 Å². The summed E-state index contributed by atoms with van der Waals surface area (Å²) in [5, 5.41) is 13.7. The van der Waals surface area contributed by atoms with Gasteiger partial charge in [0.15, 0.2) is 0 Å². The number of aliphatic hydroxyl groups is 1. The molecular weight excluding hydrogens is 164 g/mol. The molecule has 1 fully saturated rings. The van der Waals surface area contributed by atoms with Crippen molar-refractivity contribution < 1.29 is 5.11 Å². The van der Waals surface area contributed by atoms with E-state index in [9.17, 15) is 5.11 Å². The lowest BCUT2D eigenvalue weighted by molar-refractivity contribution is 0.174. The van der Waals surface area contributed by atoms with Crippen LogP contribution in [0.25, 0.3) is 0 Å². The number of aromatic nitrogens is 2. The zero-order chi connectivity index (χ0) is 9.47. The Labute approximate surface area is 78.4 Å². The Bertz CT molecular complexity index is 308. The third-order valence-corrected chi connectivity index (χ3v) is 3.15. The molecule has 0 saturated heterocycles. The quantitative estimate of drug-likeness (QED) is 0.705. The lowest BCUT2D eigenvalue weighted by atomic mass is 9.85. The Morgan fingerprint density at radius 1 is 1.69 bits per heavy atom. The van der Waals surface area contributed by atoms with Crippen LogP contribution in [0.4, 0.5) is 0 Å². The Balaban J connectivity index is 2.30. The summed E-state index contributed by atoms with van der Waals surface area (Å²) in [6, 6.07) is 2.05. The lowest BCUT2D eigenvalue weighted by Gasteiger charge is -2.23. The van der Waals surface area contributed by atoms with Gasteiger partial charge in [0.1, 0.15) is 0 Å². The smallest absolute Gasteiger partial charge is 0.0549 e. The molecule has 1 heterocycles. The van der Waals surface area contributed by atoms with E-state index < -0.39 is 0 Å². The topological polar surface area (TPSA) is 38.0 Å². The third kappa shape index (κ3) is 1.37. The normalized spacial score (nSPS) is 33.9. The fourth-order valence-corrected chi connectivity index (χ4v) is 2.41. The van der Waals surface area contributed by atoms with Crippen LogP contribution in [0.5, 0.6) is 0 Å². The molecule has 3 heteroatoms. The van der Waals surface area contributed by atoms with Gasteiger partial charge in [0.2, 0.25) is 0 Å². The van der Waals surface area contributed by atoms with Crippen molar-refractivity contribution in [3.63, 3.8) is 0 Å². The zero-order valence-electron chi connectivity index (χ0n) is 8.20. The molecule has 1 aromatic heterocycles. The van der Waals surface area contributed by atoms with Crippen LogP contribution in [0, 0.1) is 0 Å². The first-order valence-corrected chi connectivity index (χ1v) is 4.78. The molecule has 0 amide bonds. The Morgan fingerprint density at radius 3 is 2.92 bits per heavy atom. The average molecular weight is 180 g/mol. The molecule has 1 aliphatic rings. The van der Waals surface area contributed by atoms with Crippen LogP contribution in [-0.2, 0) is 12.5 Å². The number of aryl methyl sites for hydroxylation is 1. The number of nitrogens with zero attached hydrogens (tertiary/aromatic N) is 2. The minimum Gasteiger partial charge on any atom is -0.393 e.